The number of rotatable bonds is 4. The SMILES string of the molecule is Cn1ccc(Nc2cc(-c3cc(C#N)cc(N4CCNCC4)n3)ccn2)n1. The van der Waals surface area contributed by atoms with Crippen LogP contribution in [0.25, 0.3) is 11.3 Å². The molecule has 4 heterocycles. The van der Waals surface area contributed by atoms with Gasteiger partial charge in [-0.3, -0.25) is 4.68 Å². The summed E-state index contributed by atoms with van der Waals surface area (Å²) >= 11 is 0. The van der Waals surface area contributed by atoms with Crippen LogP contribution in [0.15, 0.2) is 42.7 Å². The maximum absolute atomic E-state index is 9.44. The molecule has 4 rings (SSSR count). The van der Waals surface area contributed by atoms with Crippen LogP contribution in [0.3, 0.4) is 0 Å². The minimum Gasteiger partial charge on any atom is -0.354 e. The Morgan fingerprint density at radius 1 is 1.15 bits per heavy atom. The zero-order chi connectivity index (χ0) is 18.6. The summed E-state index contributed by atoms with van der Waals surface area (Å²) in [4.78, 5) is 11.4. The Morgan fingerprint density at radius 2 is 2.00 bits per heavy atom. The number of pyridine rings is 2. The summed E-state index contributed by atoms with van der Waals surface area (Å²) in [6.07, 6.45) is 3.59. The molecular weight excluding hydrogens is 340 g/mol. The first-order valence-electron chi connectivity index (χ1n) is 8.82. The Kier molecular flexibility index (Phi) is 4.68. The average molecular weight is 360 g/mol. The van der Waals surface area contributed by atoms with Gasteiger partial charge in [-0.2, -0.15) is 10.4 Å². The van der Waals surface area contributed by atoms with Gasteiger partial charge < -0.3 is 15.5 Å². The van der Waals surface area contributed by atoms with E-state index in [-0.39, 0.29) is 0 Å². The molecule has 0 spiro atoms. The highest BCUT2D eigenvalue weighted by Gasteiger charge is 2.14. The van der Waals surface area contributed by atoms with E-state index in [2.05, 4.69) is 31.7 Å². The van der Waals surface area contributed by atoms with Crippen LogP contribution in [0.4, 0.5) is 17.5 Å². The highest BCUT2D eigenvalue weighted by Crippen LogP contribution is 2.25. The van der Waals surface area contributed by atoms with Crippen molar-refractivity contribution in [3.63, 3.8) is 0 Å². The number of anilines is 3. The van der Waals surface area contributed by atoms with Crippen LogP contribution in [-0.2, 0) is 7.05 Å². The van der Waals surface area contributed by atoms with Gasteiger partial charge in [0.1, 0.15) is 11.6 Å². The summed E-state index contributed by atoms with van der Waals surface area (Å²) in [6, 6.07) is 11.6. The Bertz CT molecular complexity index is 981. The molecule has 1 fully saturated rings. The van der Waals surface area contributed by atoms with Crippen LogP contribution in [0.5, 0.6) is 0 Å². The summed E-state index contributed by atoms with van der Waals surface area (Å²) in [6.45, 7) is 3.59. The van der Waals surface area contributed by atoms with Crippen LogP contribution < -0.4 is 15.5 Å². The lowest BCUT2D eigenvalue weighted by Crippen LogP contribution is -2.43. The monoisotopic (exact) mass is 360 g/mol. The number of hydrogen-bond acceptors (Lipinski definition) is 7. The summed E-state index contributed by atoms with van der Waals surface area (Å²) in [5.41, 5.74) is 2.26. The van der Waals surface area contributed by atoms with Crippen LogP contribution in [0.1, 0.15) is 5.56 Å². The summed E-state index contributed by atoms with van der Waals surface area (Å²) in [7, 11) is 1.87. The molecule has 27 heavy (non-hydrogen) atoms. The first-order valence-corrected chi connectivity index (χ1v) is 8.82. The van der Waals surface area contributed by atoms with Gasteiger partial charge >= 0.3 is 0 Å². The Labute approximate surface area is 157 Å². The van der Waals surface area contributed by atoms with E-state index in [1.807, 2.05) is 43.6 Å². The quantitative estimate of drug-likeness (QED) is 0.734. The third-order valence-corrected chi connectivity index (χ3v) is 4.41. The van der Waals surface area contributed by atoms with Crippen molar-refractivity contribution in [1.29, 1.82) is 5.26 Å². The Balaban J connectivity index is 1.66. The summed E-state index contributed by atoms with van der Waals surface area (Å²) < 4.78 is 1.73. The average Bonchev–Trinajstić information content (AvgIpc) is 3.13. The molecule has 1 aliphatic rings. The topological polar surface area (TPSA) is 94.7 Å². The lowest BCUT2D eigenvalue weighted by atomic mass is 10.1. The van der Waals surface area contributed by atoms with Crippen LogP contribution >= 0.6 is 0 Å². The first-order chi connectivity index (χ1) is 13.2. The number of nitrogens with one attached hydrogen (secondary N) is 2. The molecule has 0 atom stereocenters. The predicted octanol–water partition coefficient (Wildman–Crippen LogP) is 1.90. The normalized spacial score (nSPS) is 14.0. The van der Waals surface area contributed by atoms with Crippen LogP contribution in [0, 0.1) is 11.3 Å². The molecule has 3 aromatic rings. The third-order valence-electron chi connectivity index (χ3n) is 4.41. The van der Waals surface area contributed by atoms with Gasteiger partial charge in [-0.25, -0.2) is 9.97 Å². The second-order valence-corrected chi connectivity index (χ2v) is 6.38. The van der Waals surface area contributed by atoms with Crippen molar-refractivity contribution >= 4 is 17.5 Å². The van der Waals surface area contributed by atoms with Crippen molar-refractivity contribution in [3.05, 3.63) is 48.3 Å². The maximum Gasteiger partial charge on any atom is 0.153 e. The van der Waals surface area contributed by atoms with Gasteiger partial charge in [0.15, 0.2) is 5.82 Å². The minimum absolute atomic E-state index is 0.601. The second kappa shape index (κ2) is 7.43. The fourth-order valence-electron chi connectivity index (χ4n) is 3.06. The second-order valence-electron chi connectivity index (χ2n) is 6.38. The van der Waals surface area contributed by atoms with Crippen molar-refractivity contribution in [3.8, 4) is 17.3 Å². The van der Waals surface area contributed by atoms with E-state index in [0.717, 1.165) is 49.1 Å². The predicted molar refractivity (Wildman–Crippen MR) is 104 cm³/mol. The Hall–Kier alpha value is -3.44. The van der Waals surface area contributed by atoms with E-state index in [0.29, 0.717) is 11.4 Å². The smallest absolute Gasteiger partial charge is 0.153 e. The summed E-state index contributed by atoms with van der Waals surface area (Å²) in [5, 5.41) is 20.3. The number of hydrogen-bond donors (Lipinski definition) is 2. The Morgan fingerprint density at radius 3 is 2.74 bits per heavy atom. The maximum atomic E-state index is 9.44. The van der Waals surface area contributed by atoms with Crippen LogP contribution in [0.2, 0.25) is 0 Å². The van der Waals surface area contributed by atoms with Gasteiger partial charge in [-0.05, 0) is 24.3 Å². The standard InChI is InChI=1S/C19H20N8/c1-26-7-3-17(25-26)24-18-12-15(2-4-22-18)16-10-14(13-20)11-19(23-16)27-8-5-21-6-9-27/h2-4,7,10-12,21H,5-6,8-9H2,1H3,(H,22,24,25). The highest BCUT2D eigenvalue weighted by molar-refractivity contribution is 5.68. The van der Waals surface area contributed by atoms with Gasteiger partial charge in [-0.1, -0.05) is 0 Å². The molecule has 0 unspecified atom stereocenters. The molecule has 3 aromatic heterocycles. The zero-order valence-electron chi connectivity index (χ0n) is 15.1. The molecule has 0 aromatic carbocycles. The fourth-order valence-corrected chi connectivity index (χ4v) is 3.06. The van der Waals surface area contributed by atoms with Gasteiger partial charge in [0.25, 0.3) is 0 Å². The van der Waals surface area contributed by atoms with Gasteiger partial charge in [0.2, 0.25) is 0 Å². The van der Waals surface area contributed by atoms with Crippen molar-refractivity contribution in [2.24, 2.45) is 7.05 Å². The van der Waals surface area contributed by atoms with E-state index in [1.165, 1.54) is 0 Å². The molecule has 8 nitrogen and oxygen atoms in total. The molecule has 0 bridgehead atoms. The zero-order valence-corrected chi connectivity index (χ0v) is 15.1. The first kappa shape index (κ1) is 17.0. The molecule has 0 radical (unpaired) electrons. The fraction of sp³-hybridized carbons (Fsp3) is 0.263. The van der Waals surface area contributed by atoms with E-state index in [1.54, 1.807) is 10.9 Å². The van der Waals surface area contributed by atoms with Gasteiger partial charge in [0, 0.05) is 57.3 Å². The molecule has 0 saturated carbocycles. The van der Waals surface area contributed by atoms with Crippen LogP contribution in [-0.4, -0.2) is 45.9 Å². The van der Waals surface area contributed by atoms with Crippen molar-refractivity contribution in [2.75, 3.05) is 36.4 Å². The largest absolute Gasteiger partial charge is 0.354 e. The molecule has 1 saturated heterocycles. The van der Waals surface area contributed by atoms with Gasteiger partial charge in [-0.15, -0.1) is 0 Å². The number of nitrogens with zero attached hydrogens (tertiary/aromatic N) is 6. The van der Waals surface area contributed by atoms with Crippen molar-refractivity contribution < 1.29 is 0 Å². The molecule has 0 amide bonds. The van der Waals surface area contributed by atoms with Crippen molar-refractivity contribution in [1.82, 2.24) is 25.1 Å². The number of aryl methyl sites for hydroxylation is 1. The number of piperazine rings is 1. The molecular formula is C19H20N8. The molecule has 8 heteroatoms. The lowest BCUT2D eigenvalue weighted by molar-refractivity contribution is 0.585. The molecule has 2 N–H and O–H groups in total. The molecule has 0 aliphatic carbocycles. The van der Waals surface area contributed by atoms with E-state index < -0.39 is 0 Å². The summed E-state index contributed by atoms with van der Waals surface area (Å²) in [5.74, 6) is 2.24. The minimum atomic E-state index is 0.601. The van der Waals surface area contributed by atoms with E-state index >= 15 is 0 Å². The van der Waals surface area contributed by atoms with Crippen molar-refractivity contribution in [2.45, 2.75) is 0 Å². The number of nitriles is 1. The van der Waals surface area contributed by atoms with E-state index in [9.17, 15) is 5.26 Å². The third kappa shape index (κ3) is 3.88. The highest BCUT2D eigenvalue weighted by atomic mass is 15.3. The molecule has 1 aliphatic heterocycles. The number of aromatic nitrogens is 4. The van der Waals surface area contributed by atoms with Gasteiger partial charge in [0.05, 0.1) is 17.3 Å². The lowest BCUT2D eigenvalue weighted by Gasteiger charge is -2.28. The van der Waals surface area contributed by atoms with E-state index in [4.69, 9.17) is 4.98 Å². The molecule has 136 valence electrons.